The lowest BCUT2D eigenvalue weighted by Gasteiger charge is -2.09. The second kappa shape index (κ2) is 7.91. The summed E-state index contributed by atoms with van der Waals surface area (Å²) in [5.74, 6) is 0. The molecule has 4 heteroatoms. The standard InChI is InChI=1S/C15H23ClO2S/c1-3-4-5-6-7-8-10-14-11-9-12-15(13(14)2)19(16,17)18/h9,11-12H,3-8,10H2,1-2H3. The van der Waals surface area contributed by atoms with Crippen molar-refractivity contribution in [2.24, 2.45) is 0 Å². The summed E-state index contributed by atoms with van der Waals surface area (Å²) >= 11 is 0. The van der Waals surface area contributed by atoms with Gasteiger partial charge in [-0.05, 0) is 37.0 Å². The van der Waals surface area contributed by atoms with E-state index in [1.54, 1.807) is 12.1 Å². The third kappa shape index (κ3) is 5.53. The van der Waals surface area contributed by atoms with Crippen LogP contribution in [0.5, 0.6) is 0 Å². The molecule has 0 atom stereocenters. The smallest absolute Gasteiger partial charge is 0.207 e. The number of hydrogen-bond acceptors (Lipinski definition) is 2. The van der Waals surface area contributed by atoms with Gasteiger partial charge in [-0.3, -0.25) is 0 Å². The van der Waals surface area contributed by atoms with Gasteiger partial charge in [-0.25, -0.2) is 8.42 Å². The molecule has 108 valence electrons. The Kier molecular flexibility index (Phi) is 6.87. The zero-order valence-corrected chi connectivity index (χ0v) is 13.4. The molecule has 1 rings (SSSR count). The molecule has 0 fully saturated rings. The summed E-state index contributed by atoms with van der Waals surface area (Å²) in [5, 5.41) is 0. The Morgan fingerprint density at radius 2 is 1.68 bits per heavy atom. The topological polar surface area (TPSA) is 34.1 Å². The predicted octanol–water partition coefficient (Wildman–Crippen LogP) is 4.83. The summed E-state index contributed by atoms with van der Waals surface area (Å²) in [5.41, 5.74) is 1.89. The third-order valence-corrected chi connectivity index (χ3v) is 4.92. The number of aryl methyl sites for hydroxylation is 1. The fourth-order valence-corrected chi connectivity index (χ4v) is 3.53. The maximum absolute atomic E-state index is 11.4. The molecule has 0 spiro atoms. The molecule has 19 heavy (non-hydrogen) atoms. The van der Waals surface area contributed by atoms with Crippen molar-refractivity contribution in [3.8, 4) is 0 Å². The van der Waals surface area contributed by atoms with Crippen LogP contribution in [0.15, 0.2) is 23.1 Å². The molecule has 0 bridgehead atoms. The van der Waals surface area contributed by atoms with Gasteiger partial charge in [-0.2, -0.15) is 0 Å². The first-order chi connectivity index (χ1) is 8.96. The zero-order valence-electron chi connectivity index (χ0n) is 11.8. The molecular formula is C15H23ClO2S. The lowest BCUT2D eigenvalue weighted by molar-refractivity contribution is 0.604. The maximum Gasteiger partial charge on any atom is 0.261 e. The van der Waals surface area contributed by atoms with Crippen molar-refractivity contribution in [1.29, 1.82) is 0 Å². The van der Waals surface area contributed by atoms with Crippen molar-refractivity contribution < 1.29 is 8.42 Å². The SMILES string of the molecule is CCCCCCCCc1cccc(S(=O)(=O)Cl)c1C. The number of rotatable bonds is 8. The molecule has 2 nitrogen and oxygen atoms in total. The maximum atomic E-state index is 11.4. The molecule has 0 N–H and O–H groups in total. The molecule has 0 unspecified atom stereocenters. The fraction of sp³-hybridized carbons (Fsp3) is 0.600. The van der Waals surface area contributed by atoms with Crippen LogP contribution in [0.2, 0.25) is 0 Å². The zero-order chi connectivity index (χ0) is 14.3. The minimum Gasteiger partial charge on any atom is -0.207 e. The van der Waals surface area contributed by atoms with Crippen LogP contribution in [-0.2, 0) is 15.5 Å². The number of halogens is 1. The Hall–Kier alpha value is -0.540. The molecular weight excluding hydrogens is 280 g/mol. The molecule has 1 aromatic carbocycles. The van der Waals surface area contributed by atoms with Gasteiger partial charge in [0.2, 0.25) is 0 Å². The molecule has 1 aromatic rings. The molecule has 0 aliphatic carbocycles. The van der Waals surface area contributed by atoms with E-state index in [9.17, 15) is 8.42 Å². The quantitative estimate of drug-likeness (QED) is 0.509. The summed E-state index contributed by atoms with van der Waals surface area (Å²) in [4.78, 5) is 0.248. The summed E-state index contributed by atoms with van der Waals surface area (Å²) in [6.07, 6.45) is 8.37. The van der Waals surface area contributed by atoms with Gasteiger partial charge >= 0.3 is 0 Å². The molecule has 0 amide bonds. The molecule has 0 aromatic heterocycles. The van der Waals surface area contributed by atoms with Gasteiger partial charge in [0.25, 0.3) is 9.05 Å². The van der Waals surface area contributed by atoms with Gasteiger partial charge in [-0.15, -0.1) is 0 Å². The van der Waals surface area contributed by atoms with Crippen LogP contribution in [0.3, 0.4) is 0 Å². The van der Waals surface area contributed by atoms with Crippen LogP contribution in [-0.4, -0.2) is 8.42 Å². The lowest BCUT2D eigenvalue weighted by atomic mass is 10.0. The van der Waals surface area contributed by atoms with Crippen LogP contribution in [0, 0.1) is 6.92 Å². The number of unbranched alkanes of at least 4 members (excludes halogenated alkanes) is 5. The van der Waals surface area contributed by atoms with Crippen LogP contribution < -0.4 is 0 Å². The van der Waals surface area contributed by atoms with E-state index >= 15 is 0 Å². The first-order valence-corrected chi connectivity index (χ1v) is 9.31. The van der Waals surface area contributed by atoms with E-state index in [0.717, 1.165) is 24.0 Å². The molecule has 0 saturated carbocycles. The van der Waals surface area contributed by atoms with Crippen LogP contribution >= 0.6 is 10.7 Å². The van der Waals surface area contributed by atoms with Crippen molar-refractivity contribution >= 4 is 19.7 Å². The summed E-state index contributed by atoms with van der Waals surface area (Å²) in [6, 6.07) is 5.34. The van der Waals surface area contributed by atoms with Crippen molar-refractivity contribution in [1.82, 2.24) is 0 Å². The lowest BCUT2D eigenvalue weighted by Crippen LogP contribution is -1.99. The van der Waals surface area contributed by atoms with E-state index in [0.29, 0.717) is 0 Å². The van der Waals surface area contributed by atoms with E-state index in [2.05, 4.69) is 6.92 Å². The monoisotopic (exact) mass is 302 g/mol. The highest BCUT2D eigenvalue weighted by atomic mass is 35.7. The van der Waals surface area contributed by atoms with Crippen molar-refractivity contribution in [2.45, 2.75) is 63.7 Å². The van der Waals surface area contributed by atoms with Crippen LogP contribution in [0.25, 0.3) is 0 Å². The molecule has 0 saturated heterocycles. The Bertz CT molecular complexity index is 495. The first kappa shape index (κ1) is 16.5. The van der Waals surface area contributed by atoms with Gasteiger partial charge in [0.1, 0.15) is 0 Å². The van der Waals surface area contributed by atoms with E-state index in [-0.39, 0.29) is 4.90 Å². The van der Waals surface area contributed by atoms with E-state index < -0.39 is 9.05 Å². The Morgan fingerprint density at radius 3 is 2.32 bits per heavy atom. The third-order valence-electron chi connectivity index (χ3n) is 3.46. The molecule has 0 aliphatic heterocycles. The largest absolute Gasteiger partial charge is 0.261 e. The van der Waals surface area contributed by atoms with Crippen molar-refractivity contribution in [2.75, 3.05) is 0 Å². The molecule has 0 radical (unpaired) electrons. The average Bonchev–Trinajstić information content (AvgIpc) is 2.34. The number of hydrogen-bond donors (Lipinski definition) is 0. The highest BCUT2D eigenvalue weighted by Crippen LogP contribution is 2.23. The Balaban J connectivity index is 2.56. The summed E-state index contributed by atoms with van der Waals surface area (Å²) in [6.45, 7) is 4.04. The molecule has 0 heterocycles. The Morgan fingerprint density at radius 1 is 1.05 bits per heavy atom. The Labute approximate surface area is 121 Å². The average molecular weight is 303 g/mol. The summed E-state index contributed by atoms with van der Waals surface area (Å²) in [7, 11) is 1.80. The minimum absolute atomic E-state index is 0.248. The van der Waals surface area contributed by atoms with E-state index in [4.69, 9.17) is 10.7 Å². The minimum atomic E-state index is -3.63. The van der Waals surface area contributed by atoms with Gasteiger partial charge in [0.15, 0.2) is 0 Å². The summed E-state index contributed by atoms with van der Waals surface area (Å²) < 4.78 is 22.8. The number of benzene rings is 1. The van der Waals surface area contributed by atoms with Gasteiger partial charge < -0.3 is 0 Å². The van der Waals surface area contributed by atoms with Crippen LogP contribution in [0.1, 0.15) is 56.6 Å². The molecule has 0 aliphatic rings. The normalized spacial score (nSPS) is 11.7. The van der Waals surface area contributed by atoms with E-state index in [1.807, 2.05) is 13.0 Å². The van der Waals surface area contributed by atoms with Gasteiger partial charge in [-0.1, -0.05) is 51.2 Å². The fourth-order valence-electron chi connectivity index (χ4n) is 2.29. The van der Waals surface area contributed by atoms with Crippen molar-refractivity contribution in [3.63, 3.8) is 0 Å². The van der Waals surface area contributed by atoms with Gasteiger partial charge in [0, 0.05) is 10.7 Å². The highest BCUT2D eigenvalue weighted by molar-refractivity contribution is 8.13. The second-order valence-electron chi connectivity index (χ2n) is 5.00. The van der Waals surface area contributed by atoms with Gasteiger partial charge in [0.05, 0.1) is 4.90 Å². The second-order valence-corrected chi connectivity index (χ2v) is 7.53. The van der Waals surface area contributed by atoms with E-state index in [1.165, 1.54) is 32.1 Å². The predicted molar refractivity (Wildman–Crippen MR) is 81.3 cm³/mol. The van der Waals surface area contributed by atoms with Crippen LogP contribution in [0.4, 0.5) is 0 Å². The van der Waals surface area contributed by atoms with Crippen molar-refractivity contribution in [3.05, 3.63) is 29.3 Å². The first-order valence-electron chi connectivity index (χ1n) is 7.00. The highest BCUT2D eigenvalue weighted by Gasteiger charge is 2.14.